The number of amides is 1. The number of benzene rings is 1. The summed E-state index contributed by atoms with van der Waals surface area (Å²) in [5.74, 6) is 0.235. The van der Waals surface area contributed by atoms with Crippen LogP contribution in [0.3, 0.4) is 0 Å². The summed E-state index contributed by atoms with van der Waals surface area (Å²) in [5.41, 5.74) is 14.7. The van der Waals surface area contributed by atoms with E-state index in [0.717, 1.165) is 49.2 Å². The number of carbonyl (C=O) groups is 1. The summed E-state index contributed by atoms with van der Waals surface area (Å²) in [7, 11) is 0. The molecule has 1 saturated heterocycles. The van der Waals surface area contributed by atoms with E-state index >= 15 is 0 Å². The van der Waals surface area contributed by atoms with Crippen LogP contribution in [0.25, 0.3) is 5.52 Å². The highest BCUT2D eigenvalue weighted by atomic mass is 16.1. The molecule has 0 aliphatic carbocycles. The van der Waals surface area contributed by atoms with Crippen LogP contribution in [-0.2, 0) is 6.54 Å². The van der Waals surface area contributed by atoms with Gasteiger partial charge in [-0.25, -0.2) is 9.50 Å². The second kappa shape index (κ2) is 7.34. The number of anilines is 2. The molecule has 5 N–H and O–H groups in total. The fourth-order valence-corrected chi connectivity index (χ4v) is 3.48. The molecule has 0 unspecified atom stereocenters. The van der Waals surface area contributed by atoms with Crippen molar-refractivity contribution in [2.24, 2.45) is 11.5 Å². The zero-order valence-corrected chi connectivity index (χ0v) is 15.0. The van der Waals surface area contributed by atoms with Crippen LogP contribution in [0.15, 0.2) is 42.9 Å². The summed E-state index contributed by atoms with van der Waals surface area (Å²) in [4.78, 5) is 18.2. The van der Waals surface area contributed by atoms with Gasteiger partial charge < -0.3 is 16.8 Å². The van der Waals surface area contributed by atoms with E-state index in [9.17, 15) is 4.79 Å². The zero-order valence-electron chi connectivity index (χ0n) is 15.0. The summed E-state index contributed by atoms with van der Waals surface area (Å²) in [6.45, 7) is 2.82. The van der Waals surface area contributed by atoms with Gasteiger partial charge in [-0.1, -0.05) is 6.07 Å². The van der Waals surface area contributed by atoms with Gasteiger partial charge in [0.2, 0.25) is 5.91 Å². The van der Waals surface area contributed by atoms with Crippen LogP contribution in [-0.4, -0.2) is 44.5 Å². The third-order valence-electron chi connectivity index (χ3n) is 4.97. The Morgan fingerprint density at radius 3 is 2.85 bits per heavy atom. The van der Waals surface area contributed by atoms with Crippen molar-refractivity contribution in [2.45, 2.75) is 25.4 Å². The van der Waals surface area contributed by atoms with Crippen LogP contribution in [0, 0.1) is 0 Å². The Kier molecular flexibility index (Phi) is 4.74. The fourth-order valence-electron chi connectivity index (χ4n) is 3.48. The smallest absolute Gasteiger partial charge is 0.248 e. The second-order valence-electron chi connectivity index (χ2n) is 6.93. The van der Waals surface area contributed by atoms with Crippen LogP contribution in [0.1, 0.15) is 28.8 Å². The summed E-state index contributed by atoms with van der Waals surface area (Å²) in [5, 5.41) is 7.60. The third kappa shape index (κ3) is 3.76. The lowest BCUT2D eigenvalue weighted by molar-refractivity contribution is 0.100. The number of nitrogens with two attached hydrogens (primary N) is 2. The largest absolute Gasteiger partial charge is 0.366 e. The molecule has 0 radical (unpaired) electrons. The number of likely N-dealkylation sites (tertiary alicyclic amines) is 1. The van der Waals surface area contributed by atoms with E-state index in [0.29, 0.717) is 17.4 Å². The van der Waals surface area contributed by atoms with Gasteiger partial charge in [0.15, 0.2) is 5.82 Å². The minimum Gasteiger partial charge on any atom is -0.366 e. The molecule has 8 nitrogen and oxygen atoms in total. The van der Waals surface area contributed by atoms with E-state index in [2.05, 4.69) is 26.4 Å². The standard InChI is InChI=1S/C19H23N7O/c20-15-5-7-25(8-6-15)11-14-4-9-26-17(14)19(22-12-23-26)24-16-3-1-2-13(10-16)18(21)27/h1-4,9-10,12,15H,5-8,11,20H2,(H2,21,27)(H,22,23,24). The maximum absolute atomic E-state index is 11.4. The molecule has 1 aliphatic heterocycles. The number of nitrogens with zero attached hydrogens (tertiary/aromatic N) is 4. The summed E-state index contributed by atoms with van der Waals surface area (Å²) in [6.07, 6.45) is 5.49. The van der Waals surface area contributed by atoms with Crippen LogP contribution < -0.4 is 16.8 Å². The van der Waals surface area contributed by atoms with Crippen molar-refractivity contribution < 1.29 is 4.79 Å². The minimum absolute atomic E-state index is 0.310. The van der Waals surface area contributed by atoms with Crippen molar-refractivity contribution in [2.75, 3.05) is 18.4 Å². The summed E-state index contributed by atoms with van der Waals surface area (Å²) >= 11 is 0. The Bertz CT molecular complexity index is 960. The number of fused-ring (bicyclic) bond motifs is 1. The van der Waals surface area contributed by atoms with E-state index in [1.165, 1.54) is 6.33 Å². The number of primary amides is 1. The maximum Gasteiger partial charge on any atom is 0.248 e. The number of hydrogen-bond acceptors (Lipinski definition) is 6. The number of aromatic nitrogens is 3. The van der Waals surface area contributed by atoms with Gasteiger partial charge >= 0.3 is 0 Å². The monoisotopic (exact) mass is 365 g/mol. The first kappa shape index (κ1) is 17.4. The lowest BCUT2D eigenvalue weighted by Gasteiger charge is -2.29. The minimum atomic E-state index is -0.460. The number of rotatable bonds is 5. The van der Waals surface area contributed by atoms with E-state index in [-0.39, 0.29) is 0 Å². The molecule has 4 rings (SSSR count). The first-order valence-corrected chi connectivity index (χ1v) is 9.06. The quantitative estimate of drug-likeness (QED) is 0.631. The SMILES string of the molecule is NC(=O)c1cccc(Nc2ncnn3ccc(CN4CCC(N)CC4)c23)c1. The molecule has 2 aromatic heterocycles. The van der Waals surface area contributed by atoms with Gasteiger partial charge in [0, 0.05) is 30.0 Å². The van der Waals surface area contributed by atoms with E-state index in [1.807, 2.05) is 16.8 Å². The van der Waals surface area contributed by atoms with Crippen molar-refractivity contribution in [3.05, 3.63) is 54.0 Å². The average Bonchev–Trinajstić information content (AvgIpc) is 3.08. The lowest BCUT2D eigenvalue weighted by Crippen LogP contribution is -2.39. The maximum atomic E-state index is 11.4. The molecule has 3 aromatic rings. The van der Waals surface area contributed by atoms with Crippen molar-refractivity contribution in [1.82, 2.24) is 19.5 Å². The van der Waals surface area contributed by atoms with Crippen LogP contribution in [0.4, 0.5) is 11.5 Å². The third-order valence-corrected chi connectivity index (χ3v) is 4.97. The zero-order chi connectivity index (χ0) is 18.8. The molecule has 0 spiro atoms. The van der Waals surface area contributed by atoms with Gasteiger partial charge in [-0.2, -0.15) is 5.10 Å². The Hall–Kier alpha value is -2.97. The van der Waals surface area contributed by atoms with Crippen LogP contribution in [0.2, 0.25) is 0 Å². The molecule has 0 saturated carbocycles. The molecule has 27 heavy (non-hydrogen) atoms. The topological polar surface area (TPSA) is 115 Å². The van der Waals surface area contributed by atoms with E-state index in [4.69, 9.17) is 11.5 Å². The molecule has 3 heterocycles. The van der Waals surface area contributed by atoms with Gasteiger partial charge in [-0.3, -0.25) is 9.69 Å². The molecule has 0 atom stereocenters. The highest BCUT2D eigenvalue weighted by Gasteiger charge is 2.19. The van der Waals surface area contributed by atoms with Crippen LogP contribution in [0.5, 0.6) is 0 Å². The molecule has 1 fully saturated rings. The summed E-state index contributed by atoms with van der Waals surface area (Å²) in [6, 6.07) is 9.45. The van der Waals surface area contributed by atoms with Gasteiger partial charge in [0.25, 0.3) is 0 Å². The molecule has 0 bridgehead atoms. The highest BCUT2D eigenvalue weighted by molar-refractivity contribution is 5.94. The highest BCUT2D eigenvalue weighted by Crippen LogP contribution is 2.25. The Labute approximate surface area is 157 Å². The predicted molar refractivity (Wildman–Crippen MR) is 104 cm³/mol. The van der Waals surface area contributed by atoms with E-state index in [1.54, 1.807) is 18.2 Å². The van der Waals surface area contributed by atoms with Crippen molar-refractivity contribution in [3.63, 3.8) is 0 Å². The average molecular weight is 365 g/mol. The number of piperidine rings is 1. The number of nitrogens with one attached hydrogen (secondary N) is 1. The number of hydrogen-bond donors (Lipinski definition) is 3. The Balaban J connectivity index is 1.62. The fraction of sp³-hybridized carbons (Fsp3) is 0.316. The first-order valence-electron chi connectivity index (χ1n) is 9.06. The normalized spacial score (nSPS) is 15.9. The van der Waals surface area contributed by atoms with Gasteiger partial charge in [-0.15, -0.1) is 0 Å². The molecule has 1 aromatic carbocycles. The van der Waals surface area contributed by atoms with Crippen molar-refractivity contribution >= 4 is 22.9 Å². The molecule has 1 aliphatic rings. The first-order chi connectivity index (χ1) is 13.1. The lowest BCUT2D eigenvalue weighted by atomic mass is 10.1. The van der Waals surface area contributed by atoms with E-state index < -0.39 is 5.91 Å². The molecular weight excluding hydrogens is 342 g/mol. The van der Waals surface area contributed by atoms with Gasteiger partial charge in [-0.05, 0) is 55.8 Å². The summed E-state index contributed by atoms with van der Waals surface area (Å²) < 4.78 is 1.82. The number of carbonyl (C=O) groups excluding carboxylic acids is 1. The van der Waals surface area contributed by atoms with Crippen molar-refractivity contribution in [3.8, 4) is 0 Å². The molecule has 140 valence electrons. The molecule has 1 amide bonds. The van der Waals surface area contributed by atoms with Crippen molar-refractivity contribution in [1.29, 1.82) is 0 Å². The predicted octanol–water partition coefficient (Wildman–Crippen LogP) is 1.49. The molecular formula is C19H23N7O. The van der Waals surface area contributed by atoms with Crippen LogP contribution >= 0.6 is 0 Å². The van der Waals surface area contributed by atoms with Gasteiger partial charge in [0.1, 0.15) is 11.8 Å². The Morgan fingerprint density at radius 1 is 1.26 bits per heavy atom. The second-order valence-corrected chi connectivity index (χ2v) is 6.93. The Morgan fingerprint density at radius 2 is 2.07 bits per heavy atom. The van der Waals surface area contributed by atoms with Gasteiger partial charge in [0.05, 0.1) is 0 Å². The molecule has 8 heteroatoms.